The summed E-state index contributed by atoms with van der Waals surface area (Å²) in [5.74, 6) is 1.57. The van der Waals surface area contributed by atoms with E-state index in [9.17, 15) is 0 Å². The van der Waals surface area contributed by atoms with Gasteiger partial charge in [0.25, 0.3) is 0 Å². The summed E-state index contributed by atoms with van der Waals surface area (Å²) < 4.78 is 5.54. The third kappa shape index (κ3) is 3.06. The Kier molecular flexibility index (Phi) is 4.31. The summed E-state index contributed by atoms with van der Waals surface area (Å²) in [5.41, 5.74) is 2.83. The fourth-order valence-corrected chi connectivity index (χ4v) is 2.61. The molecule has 1 N–H and O–H groups in total. The summed E-state index contributed by atoms with van der Waals surface area (Å²) in [5, 5.41) is 3.58. The molecule has 1 aliphatic rings. The Balaban J connectivity index is 0.00000144. The van der Waals surface area contributed by atoms with Gasteiger partial charge in [0.15, 0.2) is 0 Å². The predicted octanol–water partition coefficient (Wildman–Crippen LogP) is 4.20. The van der Waals surface area contributed by atoms with Crippen LogP contribution >= 0.6 is 12.4 Å². The molecule has 0 saturated carbocycles. The Morgan fingerprint density at radius 2 is 2.12 bits per heavy atom. The van der Waals surface area contributed by atoms with E-state index in [1.165, 1.54) is 11.3 Å². The highest BCUT2D eigenvalue weighted by Crippen LogP contribution is 2.39. The van der Waals surface area contributed by atoms with Crippen LogP contribution < -0.4 is 10.1 Å². The highest BCUT2D eigenvalue weighted by atomic mass is 35.5. The molecule has 0 amide bonds. The molecule has 0 saturated heterocycles. The maximum absolute atomic E-state index is 5.54. The van der Waals surface area contributed by atoms with Gasteiger partial charge in [0, 0.05) is 11.2 Å². The summed E-state index contributed by atoms with van der Waals surface area (Å²) in [7, 11) is 0. The average Bonchev–Trinajstić information content (AvgIpc) is 2.18. The molecule has 0 bridgehead atoms. The molecular weight excluding hydrogens is 234 g/mol. The molecule has 1 atom stereocenters. The van der Waals surface area contributed by atoms with E-state index in [0.717, 1.165) is 18.8 Å². The van der Waals surface area contributed by atoms with Crippen LogP contribution in [0.4, 0.5) is 5.69 Å². The molecule has 0 aliphatic carbocycles. The van der Waals surface area contributed by atoms with E-state index >= 15 is 0 Å². The Labute approximate surface area is 110 Å². The Bertz CT molecular complexity index is 390. The standard InChI is InChI=1S/C14H21NO.ClH/c1-5-16-11-6-7-13-12(8-11)10(2)9-14(3,4)15-13;/h6-8,10,15H,5,9H2,1-4H3;1H. The quantitative estimate of drug-likeness (QED) is 0.855. The molecule has 1 unspecified atom stereocenters. The first kappa shape index (κ1) is 14.2. The van der Waals surface area contributed by atoms with Crippen LogP contribution in [0.15, 0.2) is 18.2 Å². The lowest BCUT2D eigenvalue weighted by Gasteiger charge is -2.37. The summed E-state index contributed by atoms with van der Waals surface area (Å²) in [6.07, 6.45) is 1.16. The Hall–Kier alpha value is -0.890. The van der Waals surface area contributed by atoms with Crippen molar-refractivity contribution in [2.75, 3.05) is 11.9 Å². The first-order chi connectivity index (χ1) is 7.52. The first-order valence-electron chi connectivity index (χ1n) is 6.07. The van der Waals surface area contributed by atoms with Crippen LogP contribution in [0.3, 0.4) is 0 Å². The molecule has 2 nitrogen and oxygen atoms in total. The van der Waals surface area contributed by atoms with Crippen LogP contribution in [0, 0.1) is 0 Å². The molecular formula is C14H22ClNO. The summed E-state index contributed by atoms with van der Waals surface area (Å²) in [6.45, 7) is 9.54. The van der Waals surface area contributed by atoms with Gasteiger partial charge >= 0.3 is 0 Å². The number of benzene rings is 1. The second-order valence-electron chi connectivity index (χ2n) is 5.30. The smallest absolute Gasteiger partial charge is 0.119 e. The zero-order valence-electron chi connectivity index (χ0n) is 11.0. The van der Waals surface area contributed by atoms with Crippen molar-refractivity contribution in [3.63, 3.8) is 0 Å². The summed E-state index contributed by atoms with van der Waals surface area (Å²) >= 11 is 0. The number of halogens is 1. The SMILES string of the molecule is CCOc1ccc2c(c1)C(C)CC(C)(C)N2.Cl. The molecule has 1 aromatic carbocycles. The van der Waals surface area contributed by atoms with E-state index in [1.54, 1.807) is 0 Å². The lowest BCUT2D eigenvalue weighted by Crippen LogP contribution is -2.36. The van der Waals surface area contributed by atoms with E-state index in [2.05, 4.69) is 38.2 Å². The molecule has 96 valence electrons. The Morgan fingerprint density at radius 3 is 2.76 bits per heavy atom. The maximum Gasteiger partial charge on any atom is 0.119 e. The largest absolute Gasteiger partial charge is 0.494 e. The van der Waals surface area contributed by atoms with Crippen LogP contribution in [0.5, 0.6) is 5.75 Å². The van der Waals surface area contributed by atoms with Crippen LogP contribution in [0.1, 0.15) is 45.6 Å². The number of hydrogen-bond acceptors (Lipinski definition) is 2. The van der Waals surface area contributed by atoms with E-state index < -0.39 is 0 Å². The minimum Gasteiger partial charge on any atom is -0.494 e. The number of hydrogen-bond donors (Lipinski definition) is 1. The van der Waals surface area contributed by atoms with Gasteiger partial charge in [-0.15, -0.1) is 12.4 Å². The minimum absolute atomic E-state index is 0. The van der Waals surface area contributed by atoms with Gasteiger partial charge in [-0.25, -0.2) is 0 Å². The Morgan fingerprint density at radius 1 is 1.41 bits per heavy atom. The van der Waals surface area contributed by atoms with Gasteiger partial charge in [0.1, 0.15) is 5.75 Å². The topological polar surface area (TPSA) is 21.3 Å². The van der Waals surface area contributed by atoms with Gasteiger partial charge in [-0.3, -0.25) is 0 Å². The van der Waals surface area contributed by atoms with Crippen molar-refractivity contribution in [2.45, 2.75) is 45.6 Å². The fourth-order valence-electron chi connectivity index (χ4n) is 2.61. The first-order valence-corrected chi connectivity index (χ1v) is 6.07. The molecule has 0 spiro atoms. The van der Waals surface area contributed by atoms with Crippen LogP contribution in [-0.4, -0.2) is 12.1 Å². The molecule has 1 aliphatic heterocycles. The van der Waals surface area contributed by atoms with E-state index in [0.29, 0.717) is 5.92 Å². The maximum atomic E-state index is 5.54. The molecule has 1 aromatic rings. The lowest BCUT2D eigenvalue weighted by molar-refractivity contribution is 0.339. The third-order valence-corrected chi connectivity index (χ3v) is 3.15. The zero-order valence-corrected chi connectivity index (χ0v) is 11.9. The van der Waals surface area contributed by atoms with Crippen molar-refractivity contribution in [2.24, 2.45) is 0 Å². The van der Waals surface area contributed by atoms with Gasteiger partial charge in [0.05, 0.1) is 6.61 Å². The van der Waals surface area contributed by atoms with Gasteiger partial charge in [-0.2, -0.15) is 0 Å². The van der Waals surface area contributed by atoms with Crippen molar-refractivity contribution >= 4 is 18.1 Å². The number of rotatable bonds is 2. The number of ether oxygens (including phenoxy) is 1. The minimum atomic E-state index is 0. The summed E-state index contributed by atoms with van der Waals surface area (Å²) in [6, 6.07) is 6.35. The van der Waals surface area contributed by atoms with Gasteiger partial charge in [-0.05, 0) is 56.9 Å². The van der Waals surface area contributed by atoms with Crippen LogP contribution in [0.25, 0.3) is 0 Å². The van der Waals surface area contributed by atoms with Crippen molar-refractivity contribution in [3.8, 4) is 5.75 Å². The number of nitrogens with one attached hydrogen (secondary N) is 1. The highest BCUT2D eigenvalue weighted by Gasteiger charge is 2.29. The molecule has 0 radical (unpaired) electrons. The molecule has 1 heterocycles. The second kappa shape index (κ2) is 5.18. The van der Waals surface area contributed by atoms with E-state index in [4.69, 9.17) is 4.74 Å². The molecule has 17 heavy (non-hydrogen) atoms. The van der Waals surface area contributed by atoms with Crippen LogP contribution in [-0.2, 0) is 0 Å². The number of fused-ring (bicyclic) bond motifs is 1. The predicted molar refractivity (Wildman–Crippen MR) is 75.6 cm³/mol. The average molecular weight is 256 g/mol. The molecule has 3 heteroatoms. The van der Waals surface area contributed by atoms with Crippen molar-refractivity contribution in [1.82, 2.24) is 0 Å². The monoisotopic (exact) mass is 255 g/mol. The van der Waals surface area contributed by atoms with Gasteiger partial charge in [0.2, 0.25) is 0 Å². The third-order valence-electron chi connectivity index (χ3n) is 3.15. The van der Waals surface area contributed by atoms with Crippen LogP contribution in [0.2, 0.25) is 0 Å². The molecule has 0 aromatic heterocycles. The molecule has 0 fully saturated rings. The van der Waals surface area contributed by atoms with E-state index in [1.807, 2.05) is 13.0 Å². The van der Waals surface area contributed by atoms with Crippen molar-refractivity contribution in [1.29, 1.82) is 0 Å². The highest BCUT2D eigenvalue weighted by molar-refractivity contribution is 5.85. The van der Waals surface area contributed by atoms with Crippen molar-refractivity contribution < 1.29 is 4.74 Å². The zero-order chi connectivity index (χ0) is 11.8. The number of anilines is 1. The van der Waals surface area contributed by atoms with Crippen molar-refractivity contribution in [3.05, 3.63) is 23.8 Å². The fraction of sp³-hybridized carbons (Fsp3) is 0.571. The van der Waals surface area contributed by atoms with Gasteiger partial charge < -0.3 is 10.1 Å². The van der Waals surface area contributed by atoms with Gasteiger partial charge in [-0.1, -0.05) is 6.92 Å². The lowest BCUT2D eigenvalue weighted by atomic mass is 9.82. The van der Waals surface area contributed by atoms with E-state index in [-0.39, 0.29) is 17.9 Å². The molecule has 2 rings (SSSR count). The summed E-state index contributed by atoms with van der Waals surface area (Å²) in [4.78, 5) is 0. The normalized spacial score (nSPS) is 20.8. The second-order valence-corrected chi connectivity index (χ2v) is 5.30.